The van der Waals surface area contributed by atoms with Gasteiger partial charge in [0.15, 0.2) is 5.78 Å². The predicted octanol–water partition coefficient (Wildman–Crippen LogP) is 5.63. The van der Waals surface area contributed by atoms with E-state index >= 15 is 0 Å². The van der Waals surface area contributed by atoms with Gasteiger partial charge in [0.25, 0.3) is 17.5 Å². The molecule has 0 bridgehead atoms. The summed E-state index contributed by atoms with van der Waals surface area (Å²) in [6, 6.07) is 26.9. The van der Waals surface area contributed by atoms with Gasteiger partial charge in [0.2, 0.25) is 11.8 Å². The molecular weight excluding hydrogens is 608 g/mol. The Labute approximate surface area is 267 Å². The van der Waals surface area contributed by atoms with Crippen LogP contribution >= 0.6 is 11.8 Å². The lowest BCUT2D eigenvalue weighted by atomic mass is 10.1. The van der Waals surface area contributed by atoms with Gasteiger partial charge in [-0.1, -0.05) is 30.3 Å². The first kappa shape index (κ1) is 31.5. The van der Waals surface area contributed by atoms with Gasteiger partial charge in [0.05, 0.1) is 21.4 Å². The van der Waals surface area contributed by atoms with Gasteiger partial charge in [-0.2, -0.15) is 0 Å². The summed E-state index contributed by atoms with van der Waals surface area (Å²) in [4.78, 5) is 76.4. The Balaban J connectivity index is 1.30. The number of amides is 4. The van der Waals surface area contributed by atoms with Gasteiger partial charge >= 0.3 is 0 Å². The predicted molar refractivity (Wildman–Crippen MR) is 173 cm³/mol. The number of nitrogens with zero attached hydrogens (tertiary/aromatic N) is 2. The first-order chi connectivity index (χ1) is 22.1. The van der Waals surface area contributed by atoms with Crippen LogP contribution in [0.15, 0.2) is 114 Å². The maximum atomic E-state index is 13.4. The number of ketones is 1. The van der Waals surface area contributed by atoms with Crippen molar-refractivity contribution >= 4 is 64.3 Å². The summed E-state index contributed by atoms with van der Waals surface area (Å²) in [6.07, 6.45) is 1.23. The molecule has 1 saturated heterocycles. The molecule has 0 saturated carbocycles. The zero-order valence-electron chi connectivity index (χ0n) is 24.3. The molecule has 0 spiro atoms. The van der Waals surface area contributed by atoms with Crippen molar-refractivity contribution in [2.45, 2.75) is 23.5 Å². The Hall–Kier alpha value is -5.88. The molecule has 1 atom stereocenters. The number of thioether (sulfide) groups is 1. The monoisotopic (exact) mass is 634 g/mol. The summed E-state index contributed by atoms with van der Waals surface area (Å²) in [7, 11) is 0. The van der Waals surface area contributed by atoms with Gasteiger partial charge in [-0.15, -0.1) is 11.8 Å². The van der Waals surface area contributed by atoms with E-state index in [9.17, 15) is 34.1 Å². The average molecular weight is 635 g/mol. The van der Waals surface area contributed by atoms with Crippen LogP contribution in [0.1, 0.15) is 39.6 Å². The number of Topliss-reactive ketones (excluding diaryl/α,β-unsaturated/α-hetero) is 1. The van der Waals surface area contributed by atoms with Crippen LogP contribution in [0, 0.1) is 10.1 Å². The smallest absolute Gasteiger partial charge is 0.276 e. The number of benzene rings is 4. The topological polar surface area (TPSA) is 156 Å². The van der Waals surface area contributed by atoms with Crippen LogP contribution in [0.3, 0.4) is 0 Å². The van der Waals surface area contributed by atoms with E-state index < -0.39 is 22.0 Å². The molecule has 4 aromatic rings. The van der Waals surface area contributed by atoms with E-state index in [0.29, 0.717) is 21.8 Å². The molecule has 2 N–H and O–H groups in total. The van der Waals surface area contributed by atoms with Crippen molar-refractivity contribution in [2.75, 3.05) is 10.2 Å². The minimum atomic E-state index is -0.717. The number of rotatable bonds is 10. The molecule has 1 aliphatic rings. The second-order valence-electron chi connectivity index (χ2n) is 10.2. The molecular formula is C34H26N4O7S. The molecule has 1 fully saturated rings. The van der Waals surface area contributed by atoms with Gasteiger partial charge in [0.1, 0.15) is 5.70 Å². The van der Waals surface area contributed by atoms with E-state index in [1.54, 1.807) is 84.9 Å². The normalized spacial score (nSPS) is 14.6. The third-order valence-corrected chi connectivity index (χ3v) is 8.19. The number of anilines is 2. The number of carbonyl (C=O) groups excluding carboxylic acids is 5. The molecule has 12 heteroatoms. The molecule has 1 unspecified atom stereocenters. The van der Waals surface area contributed by atoms with Crippen molar-refractivity contribution in [2.24, 2.45) is 0 Å². The zero-order chi connectivity index (χ0) is 32.8. The average Bonchev–Trinajstić information content (AvgIpc) is 3.33. The molecule has 1 heterocycles. The highest BCUT2D eigenvalue weighted by Gasteiger charge is 2.40. The second kappa shape index (κ2) is 13.8. The molecule has 230 valence electrons. The number of para-hydroxylation sites is 1. The van der Waals surface area contributed by atoms with Gasteiger partial charge < -0.3 is 10.6 Å². The Kier molecular flexibility index (Phi) is 9.48. The fourth-order valence-corrected chi connectivity index (χ4v) is 5.72. The number of hydrogen-bond acceptors (Lipinski definition) is 8. The summed E-state index contributed by atoms with van der Waals surface area (Å²) < 4.78 is 0. The largest absolute Gasteiger partial charge is 0.321 e. The Morgan fingerprint density at radius 1 is 0.870 bits per heavy atom. The van der Waals surface area contributed by atoms with Crippen LogP contribution in [0.5, 0.6) is 0 Å². The van der Waals surface area contributed by atoms with Crippen molar-refractivity contribution < 1.29 is 28.9 Å². The maximum absolute atomic E-state index is 13.4. The minimum absolute atomic E-state index is 0.00264. The van der Waals surface area contributed by atoms with Crippen LogP contribution in [0.25, 0.3) is 6.08 Å². The fourth-order valence-electron chi connectivity index (χ4n) is 4.67. The number of imide groups is 1. The van der Waals surface area contributed by atoms with Crippen LogP contribution in [0.4, 0.5) is 17.1 Å². The van der Waals surface area contributed by atoms with Gasteiger partial charge in [-0.3, -0.25) is 34.1 Å². The van der Waals surface area contributed by atoms with Crippen LogP contribution in [-0.4, -0.2) is 39.6 Å². The quantitative estimate of drug-likeness (QED) is 0.0748. The van der Waals surface area contributed by atoms with Crippen LogP contribution < -0.4 is 15.5 Å². The summed E-state index contributed by atoms with van der Waals surface area (Å²) in [6.45, 7) is 1.43. The molecule has 0 aromatic heterocycles. The third-order valence-electron chi connectivity index (χ3n) is 6.99. The maximum Gasteiger partial charge on any atom is 0.276 e. The molecule has 4 amide bonds. The second-order valence-corrected chi connectivity index (χ2v) is 11.4. The van der Waals surface area contributed by atoms with Gasteiger partial charge in [0, 0.05) is 34.2 Å². The highest BCUT2D eigenvalue weighted by Crippen LogP contribution is 2.34. The first-order valence-electron chi connectivity index (χ1n) is 14.0. The first-order valence-corrected chi connectivity index (χ1v) is 14.9. The van der Waals surface area contributed by atoms with Crippen molar-refractivity contribution in [3.8, 4) is 0 Å². The number of nitrogens with one attached hydrogen (secondary N) is 2. The van der Waals surface area contributed by atoms with E-state index in [4.69, 9.17) is 0 Å². The lowest BCUT2D eigenvalue weighted by molar-refractivity contribution is -0.385. The van der Waals surface area contributed by atoms with Crippen LogP contribution in [-0.2, 0) is 14.4 Å². The number of nitro benzene ring substituents is 1. The SMILES string of the molecule is CC(=O)c1ccc(N2C(=O)CC(Sc3ccc(NC(=O)/C(=C\c4ccccc4[N+](=O)[O-])NC(=O)c4ccccc4)cc3)C2=O)cc1. The number of hydrogen-bond donors (Lipinski definition) is 2. The minimum Gasteiger partial charge on any atom is -0.321 e. The number of carbonyl (C=O) groups is 5. The van der Waals surface area contributed by atoms with Crippen LogP contribution in [0.2, 0.25) is 0 Å². The summed E-state index contributed by atoms with van der Waals surface area (Å²) in [5, 5.41) is 16.1. The molecule has 4 aromatic carbocycles. The molecule has 1 aliphatic heterocycles. The van der Waals surface area contributed by atoms with E-state index in [1.165, 1.54) is 43.0 Å². The van der Waals surface area contributed by atoms with E-state index in [1.807, 2.05) is 0 Å². The number of nitro groups is 1. The van der Waals surface area contributed by atoms with Crippen molar-refractivity contribution in [3.63, 3.8) is 0 Å². The van der Waals surface area contributed by atoms with E-state index in [0.717, 1.165) is 4.90 Å². The molecule has 46 heavy (non-hydrogen) atoms. The van der Waals surface area contributed by atoms with Crippen molar-refractivity contribution in [1.29, 1.82) is 0 Å². The Morgan fingerprint density at radius 2 is 1.52 bits per heavy atom. The summed E-state index contributed by atoms with van der Waals surface area (Å²) >= 11 is 1.20. The van der Waals surface area contributed by atoms with E-state index in [2.05, 4.69) is 10.6 Å². The lowest BCUT2D eigenvalue weighted by Crippen LogP contribution is -2.31. The third kappa shape index (κ3) is 7.25. The van der Waals surface area contributed by atoms with Crippen molar-refractivity contribution in [3.05, 3.63) is 136 Å². The van der Waals surface area contributed by atoms with Crippen molar-refractivity contribution in [1.82, 2.24) is 5.32 Å². The van der Waals surface area contributed by atoms with Gasteiger partial charge in [-0.25, -0.2) is 4.90 Å². The Morgan fingerprint density at radius 3 is 2.17 bits per heavy atom. The lowest BCUT2D eigenvalue weighted by Gasteiger charge is -2.15. The standard InChI is InChI=1S/C34H26N4O7S/c1-21(39)22-11-15-26(16-12-22)37-31(40)20-30(34(37)43)46-27-17-13-25(14-18-27)35-33(42)28(36-32(41)23-7-3-2-4-8-23)19-24-9-5-6-10-29(24)38(44)45/h2-19,30H,20H2,1H3,(H,35,42)(H,36,41)/b28-19+. The molecule has 11 nitrogen and oxygen atoms in total. The summed E-state index contributed by atoms with van der Waals surface area (Å²) in [5.41, 5.74) is 1.18. The fraction of sp³-hybridized carbons (Fsp3) is 0.0882. The zero-order valence-corrected chi connectivity index (χ0v) is 25.2. The van der Waals surface area contributed by atoms with Gasteiger partial charge in [-0.05, 0) is 79.7 Å². The molecule has 0 radical (unpaired) electrons. The summed E-state index contributed by atoms with van der Waals surface area (Å²) in [5.74, 6) is -2.14. The Bertz CT molecular complexity index is 1870. The van der Waals surface area contributed by atoms with E-state index in [-0.39, 0.29) is 46.5 Å². The molecule has 0 aliphatic carbocycles. The molecule has 5 rings (SSSR count). The highest BCUT2D eigenvalue weighted by atomic mass is 32.2. The highest BCUT2D eigenvalue weighted by molar-refractivity contribution is 8.00.